The van der Waals surface area contributed by atoms with E-state index in [1.165, 1.54) is 26.4 Å². The van der Waals surface area contributed by atoms with Crippen LogP contribution in [-0.4, -0.2) is 116 Å². The number of fused-ring (bicyclic) bond motifs is 4. The van der Waals surface area contributed by atoms with Crippen LogP contribution in [-0.2, 0) is 20.9 Å². The third-order valence-electron chi connectivity index (χ3n) is 13.8. The number of benzene rings is 3. The second-order valence-corrected chi connectivity index (χ2v) is 19.7. The molecule has 19 heteroatoms. The lowest BCUT2D eigenvalue weighted by Gasteiger charge is -2.31. The Morgan fingerprint density at radius 1 is 0.914 bits per heavy atom. The summed E-state index contributed by atoms with van der Waals surface area (Å²) in [6.45, 7) is 6.40. The molecular formula is C51H59N7O11S. The number of rotatable bonds is 16. The van der Waals surface area contributed by atoms with E-state index in [-0.39, 0.29) is 71.8 Å². The SMILES string of the molecule is COc1cc2c(cc1OCCCOc1cc3c(cc1OC)C(=O)N1CC4(CC4)C[C@H]1C(O)N3C(=O)OCc1ccc(NC(=O)[C@H](C)NC(=O)[C@@H](N)C(C)C)cc1)NC[C@@H]1CC(c3ccsc3)=CN1C2=O. The fraction of sp³-hybridized carbons (Fsp3) is 0.431. The van der Waals surface area contributed by atoms with Crippen LogP contribution in [0, 0.1) is 11.3 Å². The molecule has 0 radical (unpaired) electrons. The summed E-state index contributed by atoms with van der Waals surface area (Å²) in [6.07, 6.45) is 3.18. The summed E-state index contributed by atoms with van der Waals surface area (Å²) in [5.41, 5.74) is 10.5. The predicted octanol–water partition coefficient (Wildman–Crippen LogP) is 6.19. The molecule has 70 heavy (non-hydrogen) atoms. The highest BCUT2D eigenvalue weighted by Gasteiger charge is 2.58. The summed E-state index contributed by atoms with van der Waals surface area (Å²) in [6, 6.07) is 13.0. The molecule has 3 aromatic carbocycles. The third-order valence-corrected chi connectivity index (χ3v) is 14.5. The lowest BCUT2D eigenvalue weighted by molar-refractivity contribution is -0.127. The van der Waals surface area contributed by atoms with E-state index in [1.54, 1.807) is 64.5 Å². The van der Waals surface area contributed by atoms with Crippen molar-refractivity contribution in [2.45, 2.75) is 89.9 Å². The number of hydrogen-bond donors (Lipinski definition) is 5. The number of nitrogens with zero attached hydrogens (tertiary/aromatic N) is 3. The number of nitrogens with two attached hydrogens (primary N) is 1. The maximum absolute atomic E-state index is 14.3. The summed E-state index contributed by atoms with van der Waals surface area (Å²) in [5.74, 6) is -0.0434. The molecule has 6 N–H and O–H groups in total. The van der Waals surface area contributed by atoms with Crippen LogP contribution in [0.15, 0.2) is 71.6 Å². The van der Waals surface area contributed by atoms with Crippen molar-refractivity contribution in [3.8, 4) is 23.0 Å². The highest BCUT2D eigenvalue weighted by Crippen LogP contribution is 2.57. The first-order valence-electron chi connectivity index (χ1n) is 23.6. The Morgan fingerprint density at radius 3 is 2.27 bits per heavy atom. The monoisotopic (exact) mass is 977 g/mol. The topological polar surface area (TPSA) is 224 Å². The van der Waals surface area contributed by atoms with Gasteiger partial charge >= 0.3 is 6.09 Å². The van der Waals surface area contributed by atoms with Gasteiger partial charge in [-0.2, -0.15) is 11.3 Å². The molecule has 18 nitrogen and oxygen atoms in total. The fourth-order valence-electron chi connectivity index (χ4n) is 9.48. The van der Waals surface area contributed by atoms with Crippen LogP contribution in [0.3, 0.4) is 0 Å². The van der Waals surface area contributed by atoms with Gasteiger partial charge in [0.1, 0.15) is 12.6 Å². The molecule has 1 unspecified atom stereocenters. The van der Waals surface area contributed by atoms with Gasteiger partial charge < -0.3 is 60.3 Å². The highest BCUT2D eigenvalue weighted by atomic mass is 32.1. The number of hydrogen-bond acceptors (Lipinski definition) is 14. The van der Waals surface area contributed by atoms with Crippen molar-refractivity contribution in [2.75, 3.05) is 56.1 Å². The van der Waals surface area contributed by atoms with Gasteiger partial charge in [0.05, 0.1) is 68.1 Å². The quantitative estimate of drug-likeness (QED) is 0.0792. The minimum atomic E-state index is -1.43. The van der Waals surface area contributed by atoms with Crippen molar-refractivity contribution >= 4 is 63.7 Å². The van der Waals surface area contributed by atoms with Gasteiger partial charge in [-0.3, -0.25) is 19.2 Å². The molecule has 1 spiro atoms. The predicted molar refractivity (Wildman–Crippen MR) is 262 cm³/mol. The van der Waals surface area contributed by atoms with E-state index >= 15 is 0 Å². The summed E-state index contributed by atoms with van der Waals surface area (Å²) >= 11 is 1.63. The summed E-state index contributed by atoms with van der Waals surface area (Å²) in [7, 11) is 2.99. The Hall–Kier alpha value is -6.83. The van der Waals surface area contributed by atoms with Crippen molar-refractivity contribution in [1.82, 2.24) is 15.1 Å². The second kappa shape index (κ2) is 19.9. The molecule has 2 fully saturated rings. The number of amides is 5. The summed E-state index contributed by atoms with van der Waals surface area (Å²) < 4.78 is 29.7. The van der Waals surface area contributed by atoms with Crippen molar-refractivity contribution in [3.63, 3.8) is 0 Å². The van der Waals surface area contributed by atoms with Crippen LogP contribution in [0.1, 0.15) is 84.7 Å². The Balaban J connectivity index is 0.861. The molecule has 1 aromatic heterocycles. The van der Waals surface area contributed by atoms with Gasteiger partial charge in [-0.25, -0.2) is 9.69 Å². The number of nitrogens with one attached hydrogen (secondary N) is 3. The Kier molecular flexibility index (Phi) is 13.7. The molecule has 9 rings (SSSR count). The van der Waals surface area contributed by atoms with E-state index < -0.39 is 42.3 Å². The minimum Gasteiger partial charge on any atom is -0.493 e. The smallest absolute Gasteiger partial charge is 0.416 e. The lowest BCUT2D eigenvalue weighted by atomic mass is 10.0. The van der Waals surface area contributed by atoms with Gasteiger partial charge in [-0.05, 0) is 102 Å². The van der Waals surface area contributed by atoms with E-state index in [2.05, 4.69) is 27.4 Å². The average molecular weight is 978 g/mol. The fourth-order valence-corrected chi connectivity index (χ4v) is 10.2. The van der Waals surface area contributed by atoms with Crippen molar-refractivity contribution in [1.29, 1.82) is 0 Å². The van der Waals surface area contributed by atoms with Gasteiger partial charge in [0.25, 0.3) is 11.8 Å². The van der Waals surface area contributed by atoms with Crippen LogP contribution < -0.4 is 45.5 Å². The number of aliphatic hydroxyl groups excluding tert-OH is 1. The molecule has 1 saturated heterocycles. The molecule has 1 aliphatic carbocycles. The molecule has 370 valence electrons. The van der Waals surface area contributed by atoms with E-state index in [0.29, 0.717) is 59.9 Å². The first-order valence-corrected chi connectivity index (χ1v) is 24.5. The van der Waals surface area contributed by atoms with E-state index in [0.717, 1.165) is 35.3 Å². The second-order valence-electron chi connectivity index (χ2n) is 19.0. The lowest BCUT2D eigenvalue weighted by Crippen LogP contribution is -2.50. The van der Waals surface area contributed by atoms with Crippen LogP contribution in [0.4, 0.5) is 21.9 Å². The number of carbonyl (C=O) groups excluding carboxylic acids is 5. The van der Waals surface area contributed by atoms with Gasteiger partial charge in [0.2, 0.25) is 11.8 Å². The normalized spacial score (nSPS) is 20.4. The van der Waals surface area contributed by atoms with Crippen molar-refractivity contribution in [2.24, 2.45) is 17.1 Å². The molecule has 1 saturated carbocycles. The maximum atomic E-state index is 14.3. The first kappa shape index (κ1) is 48.2. The third kappa shape index (κ3) is 9.69. The van der Waals surface area contributed by atoms with Crippen LogP contribution >= 0.6 is 11.3 Å². The number of thiophene rings is 1. The van der Waals surface area contributed by atoms with E-state index in [4.69, 9.17) is 29.4 Å². The molecule has 0 bridgehead atoms. The zero-order valence-electron chi connectivity index (χ0n) is 39.8. The highest BCUT2D eigenvalue weighted by molar-refractivity contribution is 7.08. The summed E-state index contributed by atoms with van der Waals surface area (Å²) in [5, 5.41) is 25.0. The van der Waals surface area contributed by atoms with Gasteiger partial charge in [0.15, 0.2) is 29.2 Å². The van der Waals surface area contributed by atoms with Crippen LogP contribution in [0.25, 0.3) is 5.57 Å². The maximum Gasteiger partial charge on any atom is 0.416 e. The average Bonchev–Trinajstić information content (AvgIpc) is 3.65. The standard InChI is InChI=1S/C51H59N7O11S/c1-28(2)44(52)46(60)54-29(3)45(59)55-33-9-7-30(8-10-33)25-69-50(64)58-38-21-43(41(66-5)19-36(38)48(62)57-27-51(12-13-51)22-39(57)49(58)63)68-15-6-14-67-42-20-37-35(18-40(42)65-4)47(61)56-24-32(17-34(56)23-53-37)31-11-16-70-26-31/h7-11,16,18-21,24,26,28-29,34,39,44,49,53,63H,6,12-15,17,22-23,25,27,52H2,1-5H3,(H,54,60)(H,55,59)/t29-,34-,39-,44-,49?/m0/s1. The molecule has 4 aromatic rings. The molecular weight excluding hydrogens is 919 g/mol. The van der Waals surface area contributed by atoms with E-state index in [9.17, 15) is 29.1 Å². The van der Waals surface area contributed by atoms with Crippen LogP contribution in [0.2, 0.25) is 0 Å². The Morgan fingerprint density at radius 2 is 1.61 bits per heavy atom. The zero-order chi connectivity index (χ0) is 49.4. The Labute approximate surface area is 410 Å². The van der Waals surface area contributed by atoms with E-state index in [1.807, 2.05) is 25.4 Å². The Bertz CT molecular complexity index is 2690. The number of aliphatic hydroxyl groups is 1. The zero-order valence-corrected chi connectivity index (χ0v) is 40.6. The first-order chi connectivity index (χ1) is 33.7. The molecule has 5 atom stereocenters. The van der Waals surface area contributed by atoms with Gasteiger partial charge in [-0.15, -0.1) is 0 Å². The summed E-state index contributed by atoms with van der Waals surface area (Å²) in [4.78, 5) is 72.1. The number of anilines is 3. The van der Waals surface area contributed by atoms with Crippen LogP contribution in [0.5, 0.6) is 23.0 Å². The number of methoxy groups -OCH3 is 2. The minimum absolute atomic E-state index is 0.0284. The van der Waals surface area contributed by atoms with Crippen molar-refractivity contribution in [3.05, 3.63) is 93.8 Å². The number of ether oxygens (including phenoxy) is 5. The number of carbonyl (C=O) groups is 5. The largest absolute Gasteiger partial charge is 0.493 e. The van der Waals surface area contributed by atoms with Gasteiger partial charge in [-0.1, -0.05) is 26.0 Å². The molecule has 4 aliphatic heterocycles. The van der Waals surface area contributed by atoms with Crippen molar-refractivity contribution < 1.29 is 52.8 Å². The van der Waals surface area contributed by atoms with Gasteiger partial charge in [0, 0.05) is 43.5 Å². The molecule has 5 aliphatic rings. The molecule has 5 amide bonds. The molecule has 5 heterocycles.